The third-order valence-electron chi connectivity index (χ3n) is 1.72. The van der Waals surface area contributed by atoms with Gasteiger partial charge in [-0.05, 0) is 0 Å². The van der Waals surface area contributed by atoms with E-state index in [9.17, 15) is 13.8 Å². The molecule has 5 nitrogen and oxygen atoms in total. The molecule has 0 spiro atoms. The molecule has 0 saturated carbocycles. The molecule has 2 unspecified atom stereocenters. The van der Waals surface area contributed by atoms with E-state index in [1.165, 1.54) is 7.05 Å². The Morgan fingerprint density at radius 1 is 1.50 bits per heavy atom. The van der Waals surface area contributed by atoms with Gasteiger partial charge in [-0.2, -0.15) is 0 Å². The third kappa shape index (κ3) is 5.69. The number of carbonyl (C=O) groups excluding carboxylic acids is 1. The molecule has 0 saturated heterocycles. The van der Waals surface area contributed by atoms with Gasteiger partial charge in [-0.3, -0.25) is 13.8 Å². The summed E-state index contributed by atoms with van der Waals surface area (Å²) < 4.78 is 11.4. The van der Waals surface area contributed by atoms with Crippen LogP contribution in [0.2, 0.25) is 0 Å². The van der Waals surface area contributed by atoms with Crippen molar-refractivity contribution in [2.75, 3.05) is 12.8 Å². The van der Waals surface area contributed by atoms with Crippen LogP contribution in [-0.4, -0.2) is 39.2 Å². The number of aliphatic carboxylic acids is 1. The number of hydrogen-bond donors (Lipinski definition) is 2. The molecule has 2 atom stereocenters. The number of carbonyl (C=O) groups is 2. The molecule has 0 heterocycles. The van der Waals surface area contributed by atoms with Crippen molar-refractivity contribution in [2.45, 2.75) is 25.0 Å². The SMILES string of the molecule is CNC(=O)CCS(=O)C(C)CC(=O)O. The van der Waals surface area contributed by atoms with E-state index in [0.717, 1.165) is 0 Å². The molecule has 0 aromatic carbocycles. The molecule has 0 radical (unpaired) electrons. The second kappa shape index (κ2) is 6.53. The van der Waals surface area contributed by atoms with Crippen molar-refractivity contribution in [2.24, 2.45) is 0 Å². The van der Waals surface area contributed by atoms with Gasteiger partial charge in [-0.25, -0.2) is 0 Å². The molecule has 0 aliphatic rings. The molecule has 0 aromatic heterocycles. The van der Waals surface area contributed by atoms with E-state index in [0.29, 0.717) is 0 Å². The van der Waals surface area contributed by atoms with Gasteiger partial charge in [0.05, 0.1) is 6.42 Å². The predicted octanol–water partition coefficient (Wildman–Crippen LogP) is -0.266. The summed E-state index contributed by atoms with van der Waals surface area (Å²) in [4.78, 5) is 21.1. The molecule has 0 fully saturated rings. The van der Waals surface area contributed by atoms with Crippen LogP contribution in [0.25, 0.3) is 0 Å². The van der Waals surface area contributed by atoms with Gasteiger partial charge in [0.1, 0.15) is 0 Å². The Kier molecular flexibility index (Phi) is 6.11. The van der Waals surface area contributed by atoms with Crippen molar-refractivity contribution in [3.05, 3.63) is 0 Å². The average Bonchev–Trinajstić information content (AvgIpc) is 2.12. The first kappa shape index (κ1) is 13.1. The average molecular weight is 221 g/mol. The lowest BCUT2D eigenvalue weighted by Gasteiger charge is -2.07. The van der Waals surface area contributed by atoms with E-state index in [-0.39, 0.29) is 24.5 Å². The van der Waals surface area contributed by atoms with Gasteiger partial charge in [-0.1, -0.05) is 6.92 Å². The van der Waals surface area contributed by atoms with E-state index in [4.69, 9.17) is 5.11 Å². The van der Waals surface area contributed by atoms with E-state index >= 15 is 0 Å². The van der Waals surface area contributed by atoms with Gasteiger partial charge in [0.15, 0.2) is 0 Å². The fraction of sp³-hybridized carbons (Fsp3) is 0.750. The minimum absolute atomic E-state index is 0.125. The highest BCUT2D eigenvalue weighted by atomic mass is 32.2. The van der Waals surface area contributed by atoms with Gasteiger partial charge >= 0.3 is 5.97 Å². The lowest BCUT2D eigenvalue weighted by atomic mass is 10.3. The van der Waals surface area contributed by atoms with Crippen LogP contribution in [0.3, 0.4) is 0 Å². The molecule has 0 bridgehead atoms. The van der Waals surface area contributed by atoms with Crippen molar-refractivity contribution < 1.29 is 18.9 Å². The summed E-state index contributed by atoms with van der Waals surface area (Å²) in [6, 6.07) is 0. The molecule has 0 aliphatic heterocycles. The molecule has 82 valence electrons. The lowest BCUT2D eigenvalue weighted by molar-refractivity contribution is -0.136. The first-order valence-corrected chi connectivity index (χ1v) is 5.65. The maximum Gasteiger partial charge on any atom is 0.304 e. The standard InChI is InChI=1S/C8H15NO4S/c1-6(5-8(11)12)14(13)4-3-7(10)9-2/h6H,3-5H2,1-2H3,(H,9,10)(H,11,12). The molecule has 1 amide bonds. The zero-order valence-electron chi connectivity index (χ0n) is 8.28. The van der Waals surface area contributed by atoms with Crippen molar-refractivity contribution in [1.29, 1.82) is 0 Å². The Hall–Kier alpha value is -0.910. The van der Waals surface area contributed by atoms with Crippen molar-refractivity contribution >= 4 is 22.7 Å². The van der Waals surface area contributed by atoms with Crippen molar-refractivity contribution in [3.8, 4) is 0 Å². The maximum atomic E-state index is 11.4. The molecular weight excluding hydrogens is 206 g/mol. The molecule has 0 aliphatic carbocycles. The van der Waals surface area contributed by atoms with Crippen molar-refractivity contribution in [1.82, 2.24) is 5.32 Å². The Bertz CT molecular complexity index is 241. The van der Waals surface area contributed by atoms with Crippen molar-refractivity contribution in [3.63, 3.8) is 0 Å². The Balaban J connectivity index is 3.84. The number of carboxylic acid groups (broad SMARTS) is 1. The Morgan fingerprint density at radius 2 is 2.07 bits per heavy atom. The smallest absolute Gasteiger partial charge is 0.304 e. The zero-order valence-corrected chi connectivity index (χ0v) is 9.10. The van der Waals surface area contributed by atoms with Crippen LogP contribution in [0.5, 0.6) is 0 Å². The van der Waals surface area contributed by atoms with Gasteiger partial charge in [0.25, 0.3) is 0 Å². The van der Waals surface area contributed by atoms with Crippen LogP contribution in [0.1, 0.15) is 19.8 Å². The number of carboxylic acids is 1. The van der Waals surface area contributed by atoms with Crippen LogP contribution >= 0.6 is 0 Å². The molecule has 14 heavy (non-hydrogen) atoms. The Morgan fingerprint density at radius 3 is 2.50 bits per heavy atom. The zero-order chi connectivity index (χ0) is 11.1. The fourth-order valence-corrected chi connectivity index (χ4v) is 1.98. The topological polar surface area (TPSA) is 83.5 Å². The van der Waals surface area contributed by atoms with E-state index in [2.05, 4.69) is 5.32 Å². The minimum Gasteiger partial charge on any atom is -0.481 e. The maximum absolute atomic E-state index is 11.4. The first-order valence-electron chi connectivity index (χ1n) is 4.27. The number of hydrogen-bond acceptors (Lipinski definition) is 3. The van der Waals surface area contributed by atoms with E-state index < -0.39 is 22.0 Å². The van der Waals surface area contributed by atoms with E-state index in [1.807, 2.05) is 0 Å². The van der Waals surface area contributed by atoms with Gasteiger partial charge in [0, 0.05) is 35.3 Å². The van der Waals surface area contributed by atoms with Gasteiger partial charge < -0.3 is 10.4 Å². The predicted molar refractivity (Wildman–Crippen MR) is 53.4 cm³/mol. The quantitative estimate of drug-likeness (QED) is 0.647. The Labute approximate surface area is 85.3 Å². The van der Waals surface area contributed by atoms with Crippen LogP contribution < -0.4 is 5.32 Å². The second-order valence-electron chi connectivity index (χ2n) is 2.92. The van der Waals surface area contributed by atoms with Gasteiger partial charge in [-0.15, -0.1) is 0 Å². The van der Waals surface area contributed by atoms with Crippen LogP contribution in [0.4, 0.5) is 0 Å². The normalized spacial score (nSPS) is 14.4. The second-order valence-corrected chi connectivity index (χ2v) is 4.89. The van der Waals surface area contributed by atoms with Crippen LogP contribution in [0, 0.1) is 0 Å². The molecule has 6 heteroatoms. The number of amides is 1. The van der Waals surface area contributed by atoms with Gasteiger partial charge in [0.2, 0.25) is 5.91 Å². The summed E-state index contributed by atoms with van der Waals surface area (Å²) in [7, 11) is 0.257. The summed E-state index contributed by atoms with van der Waals surface area (Å²) in [6.07, 6.45) is 0.0490. The first-order chi connectivity index (χ1) is 6.47. The van der Waals surface area contributed by atoms with E-state index in [1.54, 1.807) is 6.92 Å². The number of nitrogens with one attached hydrogen (secondary N) is 1. The fourth-order valence-electron chi connectivity index (χ4n) is 0.858. The highest BCUT2D eigenvalue weighted by molar-refractivity contribution is 7.85. The summed E-state index contributed by atoms with van der Waals surface area (Å²) in [6.45, 7) is 1.61. The minimum atomic E-state index is -1.25. The molecule has 0 aromatic rings. The summed E-state index contributed by atoms with van der Waals surface area (Å²) in [5, 5.41) is 10.4. The highest BCUT2D eigenvalue weighted by Crippen LogP contribution is 2.03. The van der Waals surface area contributed by atoms with Crippen LogP contribution in [-0.2, 0) is 20.4 Å². The summed E-state index contributed by atoms with van der Waals surface area (Å²) >= 11 is 0. The lowest BCUT2D eigenvalue weighted by Crippen LogP contribution is -2.23. The third-order valence-corrected chi connectivity index (χ3v) is 3.39. The molecule has 0 rings (SSSR count). The summed E-state index contributed by atoms with van der Waals surface area (Å²) in [5.41, 5.74) is 0. The largest absolute Gasteiger partial charge is 0.481 e. The summed E-state index contributed by atoms with van der Waals surface area (Å²) in [5.74, 6) is -0.930. The monoisotopic (exact) mass is 221 g/mol. The molecular formula is C8H15NO4S. The highest BCUT2D eigenvalue weighted by Gasteiger charge is 2.15. The number of rotatable bonds is 6. The molecule has 2 N–H and O–H groups in total. The van der Waals surface area contributed by atoms with Crippen LogP contribution in [0.15, 0.2) is 0 Å².